The van der Waals surface area contributed by atoms with E-state index in [1.165, 1.54) is 0 Å². The summed E-state index contributed by atoms with van der Waals surface area (Å²) in [5.74, 6) is 5.75. The SMILES string of the molecule is O=C(C#Cc1cccc(OCc2ccccc2)n1)c1cccnc1OCc1ccccc1. The lowest BCUT2D eigenvalue weighted by molar-refractivity contribution is 0.105. The molecule has 0 unspecified atom stereocenters. The lowest BCUT2D eigenvalue weighted by Gasteiger charge is -2.07. The molecular weight excluding hydrogens is 400 g/mol. The van der Waals surface area contributed by atoms with Crippen LogP contribution in [0, 0.1) is 11.8 Å². The summed E-state index contributed by atoms with van der Waals surface area (Å²) in [6.45, 7) is 0.718. The van der Waals surface area contributed by atoms with Gasteiger partial charge in [0.2, 0.25) is 17.5 Å². The van der Waals surface area contributed by atoms with Crippen LogP contribution in [-0.2, 0) is 13.2 Å². The van der Waals surface area contributed by atoms with Crippen LogP contribution in [0.2, 0.25) is 0 Å². The van der Waals surface area contributed by atoms with E-state index in [4.69, 9.17) is 9.47 Å². The molecule has 5 heteroatoms. The Morgan fingerprint density at radius 3 is 2.16 bits per heavy atom. The summed E-state index contributed by atoms with van der Waals surface area (Å²) in [6, 6.07) is 28.1. The number of nitrogens with zero attached hydrogens (tertiary/aromatic N) is 2. The number of benzene rings is 2. The Hall–Kier alpha value is -4.43. The molecule has 0 amide bonds. The van der Waals surface area contributed by atoms with Crippen molar-refractivity contribution in [3.63, 3.8) is 0 Å². The molecule has 156 valence electrons. The van der Waals surface area contributed by atoms with Crippen molar-refractivity contribution in [3.05, 3.63) is 120 Å². The fourth-order valence-corrected chi connectivity index (χ4v) is 2.89. The number of ether oxygens (including phenoxy) is 2. The molecule has 0 saturated heterocycles. The van der Waals surface area contributed by atoms with Gasteiger partial charge < -0.3 is 9.47 Å². The summed E-state index contributed by atoms with van der Waals surface area (Å²) in [5, 5.41) is 0. The third-order valence-electron chi connectivity index (χ3n) is 4.49. The molecule has 5 nitrogen and oxygen atoms in total. The van der Waals surface area contributed by atoms with Crippen molar-refractivity contribution in [2.75, 3.05) is 0 Å². The van der Waals surface area contributed by atoms with E-state index in [2.05, 4.69) is 21.8 Å². The maximum absolute atomic E-state index is 12.7. The van der Waals surface area contributed by atoms with Gasteiger partial charge in [0, 0.05) is 12.3 Å². The largest absolute Gasteiger partial charge is 0.473 e. The van der Waals surface area contributed by atoms with Gasteiger partial charge in [-0.05, 0) is 41.2 Å². The molecule has 0 spiro atoms. The number of hydrogen-bond acceptors (Lipinski definition) is 5. The zero-order chi connectivity index (χ0) is 22.0. The highest BCUT2D eigenvalue weighted by atomic mass is 16.5. The van der Waals surface area contributed by atoms with E-state index < -0.39 is 5.78 Å². The molecule has 4 aromatic rings. The summed E-state index contributed by atoms with van der Waals surface area (Å²) in [5.41, 5.74) is 2.78. The van der Waals surface area contributed by atoms with Crippen LogP contribution in [0.4, 0.5) is 0 Å². The first kappa shape index (κ1) is 20.8. The molecule has 4 rings (SSSR count). The molecule has 0 bridgehead atoms. The van der Waals surface area contributed by atoms with Crippen LogP contribution in [0.1, 0.15) is 27.2 Å². The maximum Gasteiger partial charge on any atom is 0.241 e. The zero-order valence-corrected chi connectivity index (χ0v) is 17.3. The van der Waals surface area contributed by atoms with E-state index >= 15 is 0 Å². The molecule has 0 saturated carbocycles. The number of aromatic nitrogens is 2. The van der Waals surface area contributed by atoms with Crippen LogP contribution in [0.3, 0.4) is 0 Å². The van der Waals surface area contributed by atoms with E-state index in [1.54, 1.807) is 36.5 Å². The van der Waals surface area contributed by atoms with E-state index in [0.717, 1.165) is 11.1 Å². The number of Topliss-reactive ketones (excluding diaryl/α,β-unsaturated/α-hetero) is 1. The molecule has 0 aliphatic rings. The van der Waals surface area contributed by atoms with Crippen molar-refractivity contribution in [3.8, 4) is 23.6 Å². The number of ketones is 1. The second-order valence-corrected chi connectivity index (χ2v) is 6.84. The predicted molar refractivity (Wildman–Crippen MR) is 121 cm³/mol. The van der Waals surface area contributed by atoms with Gasteiger partial charge in [0.15, 0.2) is 0 Å². The van der Waals surface area contributed by atoms with Crippen molar-refractivity contribution in [2.45, 2.75) is 13.2 Å². The Morgan fingerprint density at radius 1 is 0.750 bits per heavy atom. The standard InChI is InChI=1S/C27H20N2O3/c30-25(24-14-8-18-28-27(24)32-20-22-11-5-2-6-12-22)17-16-23-13-7-15-26(29-23)31-19-21-9-3-1-4-10-21/h1-15,18H,19-20H2. The molecule has 2 aromatic carbocycles. The smallest absolute Gasteiger partial charge is 0.241 e. The lowest BCUT2D eigenvalue weighted by Crippen LogP contribution is -2.04. The fourth-order valence-electron chi connectivity index (χ4n) is 2.89. The van der Waals surface area contributed by atoms with Gasteiger partial charge >= 0.3 is 0 Å². The van der Waals surface area contributed by atoms with Crippen LogP contribution >= 0.6 is 0 Å². The van der Waals surface area contributed by atoms with Gasteiger partial charge in [-0.1, -0.05) is 66.7 Å². The number of rotatable bonds is 7. The minimum Gasteiger partial charge on any atom is -0.473 e. The third-order valence-corrected chi connectivity index (χ3v) is 4.49. The van der Waals surface area contributed by atoms with Crippen LogP contribution in [0.25, 0.3) is 0 Å². The highest BCUT2D eigenvalue weighted by molar-refractivity contribution is 6.10. The number of carbonyl (C=O) groups is 1. The molecule has 0 aliphatic carbocycles. The van der Waals surface area contributed by atoms with Gasteiger partial charge in [-0.15, -0.1) is 0 Å². The van der Waals surface area contributed by atoms with E-state index in [9.17, 15) is 4.79 Å². The molecular formula is C27H20N2O3. The number of pyridine rings is 2. The molecule has 32 heavy (non-hydrogen) atoms. The molecule has 2 aromatic heterocycles. The number of hydrogen-bond donors (Lipinski definition) is 0. The van der Waals surface area contributed by atoms with Gasteiger partial charge in [0.1, 0.15) is 18.9 Å². The molecule has 0 N–H and O–H groups in total. The summed E-state index contributed by atoms with van der Waals surface area (Å²) in [6.07, 6.45) is 1.58. The Labute approximate surface area is 186 Å². The van der Waals surface area contributed by atoms with E-state index in [0.29, 0.717) is 30.4 Å². The highest BCUT2D eigenvalue weighted by Gasteiger charge is 2.12. The number of carbonyl (C=O) groups excluding carboxylic acids is 1. The molecule has 0 atom stereocenters. The summed E-state index contributed by atoms with van der Waals surface area (Å²) in [4.78, 5) is 21.2. The second-order valence-electron chi connectivity index (χ2n) is 6.84. The highest BCUT2D eigenvalue weighted by Crippen LogP contribution is 2.17. The monoisotopic (exact) mass is 420 g/mol. The molecule has 0 fully saturated rings. The van der Waals surface area contributed by atoms with Crippen molar-refractivity contribution < 1.29 is 14.3 Å². The second kappa shape index (κ2) is 10.6. The minimum absolute atomic E-state index is 0.253. The first-order valence-electron chi connectivity index (χ1n) is 10.1. The maximum atomic E-state index is 12.7. The Morgan fingerprint density at radius 2 is 1.44 bits per heavy atom. The average Bonchev–Trinajstić information content (AvgIpc) is 2.86. The Balaban J connectivity index is 1.43. The summed E-state index contributed by atoms with van der Waals surface area (Å²) < 4.78 is 11.5. The van der Waals surface area contributed by atoms with Gasteiger partial charge in [0.05, 0.1) is 5.56 Å². The molecule has 0 aliphatic heterocycles. The summed E-state index contributed by atoms with van der Waals surface area (Å²) >= 11 is 0. The van der Waals surface area contributed by atoms with Crippen molar-refractivity contribution in [1.82, 2.24) is 9.97 Å². The first-order chi connectivity index (χ1) is 15.8. The van der Waals surface area contributed by atoms with Crippen molar-refractivity contribution in [1.29, 1.82) is 0 Å². The molecule has 2 heterocycles. The van der Waals surface area contributed by atoms with Gasteiger partial charge in [-0.3, -0.25) is 4.79 Å². The summed E-state index contributed by atoms with van der Waals surface area (Å²) in [7, 11) is 0. The van der Waals surface area contributed by atoms with Crippen molar-refractivity contribution >= 4 is 5.78 Å². The van der Waals surface area contributed by atoms with Gasteiger partial charge in [-0.2, -0.15) is 0 Å². The van der Waals surface area contributed by atoms with Crippen LogP contribution in [-0.4, -0.2) is 15.8 Å². The Bertz CT molecular complexity index is 1250. The fraction of sp³-hybridized carbons (Fsp3) is 0.0741. The van der Waals surface area contributed by atoms with E-state index in [-0.39, 0.29) is 5.88 Å². The topological polar surface area (TPSA) is 61.3 Å². The Kier molecular flexibility index (Phi) is 6.87. The van der Waals surface area contributed by atoms with Crippen LogP contribution in [0.15, 0.2) is 97.2 Å². The van der Waals surface area contributed by atoms with Gasteiger partial charge in [0.25, 0.3) is 0 Å². The van der Waals surface area contributed by atoms with E-state index in [1.807, 2.05) is 60.7 Å². The van der Waals surface area contributed by atoms with Crippen LogP contribution < -0.4 is 9.47 Å². The van der Waals surface area contributed by atoms with Crippen molar-refractivity contribution in [2.24, 2.45) is 0 Å². The first-order valence-corrected chi connectivity index (χ1v) is 10.1. The zero-order valence-electron chi connectivity index (χ0n) is 17.3. The van der Waals surface area contributed by atoms with Crippen LogP contribution in [0.5, 0.6) is 11.8 Å². The lowest BCUT2D eigenvalue weighted by atomic mass is 10.1. The quantitative estimate of drug-likeness (QED) is 0.315. The minimum atomic E-state index is -0.390. The third kappa shape index (κ3) is 5.80. The van der Waals surface area contributed by atoms with Gasteiger partial charge in [-0.25, -0.2) is 9.97 Å². The normalized spacial score (nSPS) is 10.0. The average molecular weight is 420 g/mol. The predicted octanol–water partition coefficient (Wildman–Crippen LogP) is 4.87. The molecule has 0 radical (unpaired) electrons.